The Kier molecular flexibility index (Phi) is 2.71. The fourth-order valence-corrected chi connectivity index (χ4v) is 3.05. The van der Waals surface area contributed by atoms with Crippen LogP contribution in [0.5, 0.6) is 0 Å². The maximum atomic E-state index is 4.44. The fraction of sp³-hybridized carbons (Fsp3) is 0.0500. The van der Waals surface area contributed by atoms with E-state index in [1.54, 1.807) is 0 Å². The van der Waals surface area contributed by atoms with Crippen LogP contribution in [0.2, 0.25) is 0 Å². The molecule has 0 fully saturated rings. The Bertz CT molecular complexity index is 949. The predicted octanol–water partition coefficient (Wildman–Crippen LogP) is 5.36. The van der Waals surface area contributed by atoms with E-state index in [0.29, 0.717) is 0 Å². The first-order valence-corrected chi connectivity index (χ1v) is 7.16. The summed E-state index contributed by atoms with van der Waals surface area (Å²) < 4.78 is 0. The Labute approximate surface area is 123 Å². The molecule has 0 bridgehead atoms. The molecular weight excluding hydrogens is 254 g/mol. The molecule has 100 valence electrons. The van der Waals surface area contributed by atoms with Crippen molar-refractivity contribution in [3.05, 3.63) is 78.6 Å². The minimum absolute atomic E-state index is 1.18. The molecule has 0 saturated carbocycles. The topological polar surface area (TPSA) is 12.9 Å². The highest BCUT2D eigenvalue weighted by Gasteiger charge is 2.10. The normalized spacial score (nSPS) is 11.1. The Morgan fingerprint density at radius 2 is 1.38 bits per heavy atom. The van der Waals surface area contributed by atoms with Crippen molar-refractivity contribution < 1.29 is 0 Å². The van der Waals surface area contributed by atoms with E-state index in [1.165, 1.54) is 38.2 Å². The molecule has 0 aliphatic heterocycles. The largest absolute Gasteiger partial charge is 0.263 e. The summed E-state index contributed by atoms with van der Waals surface area (Å²) in [4.78, 5) is 4.44. The van der Waals surface area contributed by atoms with Gasteiger partial charge in [-0.1, -0.05) is 60.7 Å². The SMILES string of the molecule is Cc1ccc2ccccc2c1-c1cncc2ccccc12. The first-order valence-electron chi connectivity index (χ1n) is 7.16. The van der Waals surface area contributed by atoms with Gasteiger partial charge in [-0.15, -0.1) is 0 Å². The monoisotopic (exact) mass is 269 g/mol. The molecule has 0 saturated heterocycles. The number of nitrogens with zero attached hydrogens (tertiary/aromatic N) is 1. The summed E-state index contributed by atoms with van der Waals surface area (Å²) in [6.45, 7) is 2.17. The molecule has 3 aromatic carbocycles. The number of hydrogen-bond donors (Lipinski definition) is 0. The van der Waals surface area contributed by atoms with Gasteiger partial charge in [-0.2, -0.15) is 0 Å². The van der Waals surface area contributed by atoms with Crippen LogP contribution < -0.4 is 0 Å². The lowest BCUT2D eigenvalue weighted by Crippen LogP contribution is -1.89. The predicted molar refractivity (Wildman–Crippen MR) is 89.4 cm³/mol. The summed E-state index contributed by atoms with van der Waals surface area (Å²) in [5.74, 6) is 0. The van der Waals surface area contributed by atoms with Crippen LogP contribution in [0.3, 0.4) is 0 Å². The third-order valence-electron chi connectivity index (χ3n) is 4.07. The molecule has 0 radical (unpaired) electrons. The minimum atomic E-state index is 1.18. The van der Waals surface area contributed by atoms with E-state index in [-0.39, 0.29) is 0 Å². The van der Waals surface area contributed by atoms with Gasteiger partial charge in [-0.05, 0) is 34.2 Å². The molecule has 0 aliphatic rings. The second-order valence-corrected chi connectivity index (χ2v) is 5.39. The van der Waals surface area contributed by atoms with Crippen molar-refractivity contribution >= 4 is 21.5 Å². The second-order valence-electron chi connectivity index (χ2n) is 5.39. The first kappa shape index (κ1) is 12.1. The highest BCUT2D eigenvalue weighted by Crippen LogP contribution is 2.35. The zero-order chi connectivity index (χ0) is 14.2. The molecule has 1 heterocycles. The molecule has 1 heteroatoms. The third-order valence-corrected chi connectivity index (χ3v) is 4.07. The van der Waals surface area contributed by atoms with Crippen LogP contribution in [-0.4, -0.2) is 4.98 Å². The van der Waals surface area contributed by atoms with Crippen LogP contribution in [0.15, 0.2) is 73.1 Å². The number of rotatable bonds is 1. The highest BCUT2D eigenvalue weighted by molar-refractivity contribution is 6.06. The molecule has 1 nitrogen and oxygen atoms in total. The average Bonchev–Trinajstić information content (AvgIpc) is 2.54. The standard InChI is InChI=1S/C20H15N/c1-14-10-11-15-6-2-5-9-18(15)20(14)19-13-21-12-16-7-3-4-8-17(16)19/h2-13H,1H3. The van der Waals surface area contributed by atoms with Gasteiger partial charge < -0.3 is 0 Å². The van der Waals surface area contributed by atoms with Gasteiger partial charge in [0.1, 0.15) is 0 Å². The molecule has 0 spiro atoms. The zero-order valence-electron chi connectivity index (χ0n) is 11.9. The van der Waals surface area contributed by atoms with E-state index in [4.69, 9.17) is 0 Å². The molecule has 4 rings (SSSR count). The summed E-state index contributed by atoms with van der Waals surface area (Å²) in [7, 11) is 0. The van der Waals surface area contributed by atoms with Gasteiger partial charge in [-0.3, -0.25) is 4.98 Å². The molecular formula is C20H15N. The lowest BCUT2D eigenvalue weighted by atomic mass is 9.92. The Morgan fingerprint density at radius 3 is 2.24 bits per heavy atom. The fourth-order valence-electron chi connectivity index (χ4n) is 3.05. The van der Waals surface area contributed by atoms with Crippen LogP contribution in [0.25, 0.3) is 32.7 Å². The smallest absolute Gasteiger partial charge is 0.0353 e. The Balaban J connectivity index is 2.16. The maximum Gasteiger partial charge on any atom is 0.0353 e. The van der Waals surface area contributed by atoms with Gasteiger partial charge in [0.2, 0.25) is 0 Å². The quantitative estimate of drug-likeness (QED) is 0.453. The lowest BCUT2D eigenvalue weighted by molar-refractivity contribution is 1.36. The molecule has 21 heavy (non-hydrogen) atoms. The third kappa shape index (κ3) is 1.90. The zero-order valence-corrected chi connectivity index (χ0v) is 11.9. The van der Waals surface area contributed by atoms with E-state index in [1.807, 2.05) is 12.4 Å². The van der Waals surface area contributed by atoms with E-state index in [9.17, 15) is 0 Å². The second kappa shape index (κ2) is 4.71. The summed E-state index contributed by atoms with van der Waals surface area (Å²) in [5.41, 5.74) is 3.78. The number of benzene rings is 3. The van der Waals surface area contributed by atoms with Crippen LogP contribution in [-0.2, 0) is 0 Å². The van der Waals surface area contributed by atoms with E-state index < -0.39 is 0 Å². The molecule has 0 N–H and O–H groups in total. The summed E-state index contributed by atoms with van der Waals surface area (Å²) in [6, 6.07) is 21.4. The highest BCUT2D eigenvalue weighted by atomic mass is 14.6. The van der Waals surface area contributed by atoms with Gasteiger partial charge in [0, 0.05) is 23.3 Å². The van der Waals surface area contributed by atoms with Crippen LogP contribution in [0, 0.1) is 6.92 Å². The van der Waals surface area contributed by atoms with Crippen molar-refractivity contribution in [2.24, 2.45) is 0 Å². The first-order chi connectivity index (χ1) is 10.3. The van der Waals surface area contributed by atoms with Crippen LogP contribution >= 0.6 is 0 Å². The number of pyridine rings is 1. The number of hydrogen-bond acceptors (Lipinski definition) is 1. The Morgan fingerprint density at radius 1 is 0.667 bits per heavy atom. The number of fused-ring (bicyclic) bond motifs is 2. The molecule has 0 unspecified atom stereocenters. The summed E-state index contributed by atoms with van der Waals surface area (Å²) in [6.07, 6.45) is 3.91. The minimum Gasteiger partial charge on any atom is -0.263 e. The van der Waals surface area contributed by atoms with E-state index in [2.05, 4.69) is 72.6 Å². The summed E-state index contributed by atoms with van der Waals surface area (Å²) >= 11 is 0. The van der Waals surface area contributed by atoms with Gasteiger partial charge in [0.05, 0.1) is 0 Å². The van der Waals surface area contributed by atoms with Gasteiger partial charge >= 0.3 is 0 Å². The van der Waals surface area contributed by atoms with Gasteiger partial charge in [-0.25, -0.2) is 0 Å². The van der Waals surface area contributed by atoms with Gasteiger partial charge in [0.15, 0.2) is 0 Å². The van der Waals surface area contributed by atoms with Crippen molar-refractivity contribution in [1.29, 1.82) is 0 Å². The maximum absolute atomic E-state index is 4.44. The average molecular weight is 269 g/mol. The van der Waals surface area contributed by atoms with E-state index >= 15 is 0 Å². The van der Waals surface area contributed by atoms with Crippen LogP contribution in [0.1, 0.15) is 5.56 Å². The number of aryl methyl sites for hydroxylation is 1. The lowest BCUT2D eigenvalue weighted by Gasteiger charge is -2.12. The number of aromatic nitrogens is 1. The van der Waals surface area contributed by atoms with E-state index in [0.717, 1.165) is 0 Å². The molecule has 0 aliphatic carbocycles. The van der Waals surface area contributed by atoms with Crippen molar-refractivity contribution in [2.45, 2.75) is 6.92 Å². The van der Waals surface area contributed by atoms with Gasteiger partial charge in [0.25, 0.3) is 0 Å². The van der Waals surface area contributed by atoms with Crippen molar-refractivity contribution in [3.63, 3.8) is 0 Å². The van der Waals surface area contributed by atoms with Crippen molar-refractivity contribution in [1.82, 2.24) is 4.98 Å². The molecule has 0 amide bonds. The van der Waals surface area contributed by atoms with Crippen molar-refractivity contribution in [3.8, 4) is 11.1 Å². The molecule has 0 atom stereocenters. The molecule has 4 aromatic rings. The Hall–Kier alpha value is -2.67. The molecule has 1 aromatic heterocycles. The van der Waals surface area contributed by atoms with Crippen LogP contribution in [0.4, 0.5) is 0 Å². The summed E-state index contributed by atoms with van der Waals surface area (Å²) in [5, 5.41) is 5.00. The van der Waals surface area contributed by atoms with Crippen molar-refractivity contribution in [2.75, 3.05) is 0 Å².